The van der Waals surface area contributed by atoms with E-state index in [2.05, 4.69) is 26.1 Å². The van der Waals surface area contributed by atoms with Crippen molar-refractivity contribution in [3.63, 3.8) is 0 Å². The first-order chi connectivity index (χ1) is 7.11. The van der Waals surface area contributed by atoms with Gasteiger partial charge in [-0.2, -0.15) is 0 Å². The van der Waals surface area contributed by atoms with E-state index in [1.807, 2.05) is 0 Å². The predicted molar refractivity (Wildman–Crippen MR) is 79.9 cm³/mol. The number of rotatable bonds is 8. The molecule has 1 unspecified atom stereocenters. The van der Waals surface area contributed by atoms with Crippen LogP contribution < -0.4 is 5.32 Å². The second-order valence-electron chi connectivity index (χ2n) is 4.26. The number of hydrogen-bond donors (Lipinski definition) is 1. The second-order valence-corrected chi connectivity index (χ2v) is 4.26. The predicted octanol–water partition coefficient (Wildman–Crippen LogP) is 2.12. The van der Waals surface area contributed by atoms with Gasteiger partial charge in [0.25, 0.3) is 5.97 Å². The molecule has 0 saturated carbocycles. The van der Waals surface area contributed by atoms with Crippen molar-refractivity contribution < 1.29 is 9.45 Å². The molecule has 0 saturated heterocycles. The Hall–Kier alpha value is 0.0749. The van der Waals surface area contributed by atoms with E-state index < -0.39 is 0 Å². The summed E-state index contributed by atoms with van der Waals surface area (Å²) in [5, 5.41) is 3.32. The van der Waals surface area contributed by atoms with Crippen molar-refractivity contribution in [1.82, 2.24) is 5.32 Å². The maximum Gasteiger partial charge on any atom is 0.325 e. The van der Waals surface area contributed by atoms with Gasteiger partial charge in [-0.05, 0) is 19.4 Å². The molecule has 104 valence electrons. The summed E-state index contributed by atoms with van der Waals surface area (Å²) in [5.74, 6) is 0.00945. The molecule has 0 aromatic rings. The van der Waals surface area contributed by atoms with Crippen molar-refractivity contribution in [2.75, 3.05) is 6.54 Å². The number of halogens is 2. The van der Waals surface area contributed by atoms with E-state index >= 15 is 0 Å². The fourth-order valence-electron chi connectivity index (χ4n) is 1.54. The van der Waals surface area contributed by atoms with Crippen molar-refractivity contribution in [2.45, 2.75) is 52.5 Å². The monoisotopic (exact) mass is 285 g/mol. The number of carbonyl (C=O) groups is 1. The zero-order chi connectivity index (χ0) is 11.7. The van der Waals surface area contributed by atoms with Gasteiger partial charge in [0, 0.05) is 6.04 Å². The molecule has 17 heavy (non-hydrogen) atoms. The van der Waals surface area contributed by atoms with Crippen LogP contribution in [-0.4, -0.2) is 26.6 Å². The lowest BCUT2D eigenvalue weighted by atomic mass is 9.98. The fourth-order valence-corrected chi connectivity index (χ4v) is 1.54. The van der Waals surface area contributed by atoms with Gasteiger partial charge >= 0.3 is 8.05 Å². The first-order valence-electron chi connectivity index (χ1n) is 5.93. The van der Waals surface area contributed by atoms with Crippen molar-refractivity contribution in [3.8, 4) is 0 Å². The van der Waals surface area contributed by atoms with Crippen molar-refractivity contribution >= 4 is 38.8 Å². The van der Waals surface area contributed by atoms with Gasteiger partial charge in [0.15, 0.2) is 0 Å². The first-order valence-corrected chi connectivity index (χ1v) is 5.93. The Bertz CT molecular complexity index is 183. The van der Waals surface area contributed by atoms with Crippen LogP contribution in [0.15, 0.2) is 0 Å². The highest BCUT2D eigenvalue weighted by molar-refractivity contribution is 6.05. The zero-order valence-electron chi connectivity index (χ0n) is 11.3. The van der Waals surface area contributed by atoms with Crippen molar-refractivity contribution in [3.05, 3.63) is 0 Å². The van der Waals surface area contributed by atoms with Gasteiger partial charge in [-0.25, -0.2) is 0 Å². The lowest BCUT2D eigenvalue weighted by Crippen LogP contribution is -2.28. The van der Waals surface area contributed by atoms with Gasteiger partial charge in [0.2, 0.25) is 0 Å². The summed E-state index contributed by atoms with van der Waals surface area (Å²) in [5.41, 5.74) is 0. The molecule has 0 rings (SSSR count). The van der Waals surface area contributed by atoms with E-state index in [4.69, 9.17) is 4.65 Å². The van der Waals surface area contributed by atoms with Crippen LogP contribution in [0, 0.1) is 5.92 Å². The summed E-state index contributed by atoms with van der Waals surface area (Å²) in [6.45, 7) is 7.25. The van der Waals surface area contributed by atoms with Gasteiger partial charge in [-0.15, -0.1) is 24.8 Å². The first kappa shape index (κ1) is 22.3. The lowest BCUT2D eigenvalue weighted by Gasteiger charge is -2.16. The van der Waals surface area contributed by atoms with Crippen LogP contribution in [0.2, 0.25) is 0 Å². The third kappa shape index (κ3) is 12.3. The van der Waals surface area contributed by atoms with Gasteiger partial charge in [-0.3, -0.25) is 4.79 Å². The molecule has 0 fully saturated rings. The molecule has 0 amide bonds. The van der Waals surface area contributed by atoms with Gasteiger partial charge in [0.05, 0.1) is 5.92 Å². The van der Waals surface area contributed by atoms with E-state index in [9.17, 15) is 4.79 Å². The fraction of sp³-hybridized carbons (Fsp3) is 0.909. The molecule has 0 bridgehead atoms. The Labute approximate surface area is 119 Å². The summed E-state index contributed by atoms with van der Waals surface area (Å²) in [6.07, 6.45) is 4.06. The maximum absolute atomic E-state index is 11.4. The summed E-state index contributed by atoms with van der Waals surface area (Å²) in [7, 11) is 1.47. The molecular weight excluding hydrogens is 260 g/mol. The van der Waals surface area contributed by atoms with Crippen LogP contribution in [0.4, 0.5) is 0 Å². The highest BCUT2D eigenvalue weighted by atomic mass is 35.5. The van der Waals surface area contributed by atoms with E-state index in [0.717, 1.165) is 32.2 Å². The zero-order valence-corrected chi connectivity index (χ0v) is 13.0. The lowest BCUT2D eigenvalue weighted by molar-refractivity contribution is -0.139. The third-order valence-corrected chi connectivity index (χ3v) is 2.49. The molecule has 6 heteroatoms. The van der Waals surface area contributed by atoms with Gasteiger partial charge in [-0.1, -0.05) is 33.6 Å². The van der Waals surface area contributed by atoms with Gasteiger partial charge in [0.1, 0.15) is 0 Å². The summed E-state index contributed by atoms with van der Waals surface area (Å²) in [6, 6.07) is 0.481. The van der Waals surface area contributed by atoms with E-state index in [-0.39, 0.29) is 36.7 Å². The summed E-state index contributed by atoms with van der Waals surface area (Å²) >= 11 is 0. The number of unbranched alkanes of at least 4 members (excludes halogenated alkanes) is 1. The molecule has 0 aliphatic carbocycles. The quantitative estimate of drug-likeness (QED) is 0.695. The molecule has 0 aliphatic heterocycles. The molecule has 1 atom stereocenters. The Morgan fingerprint density at radius 2 is 1.88 bits per heavy atom. The maximum atomic E-state index is 11.4. The van der Waals surface area contributed by atoms with Crippen molar-refractivity contribution in [2.24, 2.45) is 5.92 Å². The van der Waals surface area contributed by atoms with Crippen LogP contribution in [0.5, 0.6) is 0 Å². The van der Waals surface area contributed by atoms with E-state index in [1.165, 1.54) is 8.05 Å². The summed E-state index contributed by atoms with van der Waals surface area (Å²) < 4.78 is 4.80. The number of nitrogens with one attached hydrogen (secondary N) is 1. The number of carbonyl (C=O) groups excluding carboxylic acids is 1. The number of hydrogen-bond acceptors (Lipinski definition) is 3. The minimum Gasteiger partial charge on any atom is -0.543 e. The van der Waals surface area contributed by atoms with E-state index in [1.54, 1.807) is 0 Å². The van der Waals surface area contributed by atoms with Crippen LogP contribution in [-0.2, 0) is 9.45 Å². The van der Waals surface area contributed by atoms with Gasteiger partial charge < -0.3 is 9.97 Å². The smallest absolute Gasteiger partial charge is 0.325 e. The van der Waals surface area contributed by atoms with Crippen LogP contribution in [0.1, 0.15) is 46.5 Å². The molecule has 0 aliphatic rings. The standard InChI is InChI=1S/C11H24BNO2.2ClH/c1-4-5-6-10(11(14)15-12)7-8-13-9(2)3;;/h9-10,13H,4-8,12H2,1-3H3;2*1H. The van der Waals surface area contributed by atoms with Crippen molar-refractivity contribution in [1.29, 1.82) is 0 Å². The molecule has 0 aromatic carbocycles. The Morgan fingerprint density at radius 3 is 2.29 bits per heavy atom. The normalized spacial score (nSPS) is 11.3. The molecule has 1 N–H and O–H groups in total. The molecule has 0 spiro atoms. The molecule has 0 aromatic heterocycles. The average Bonchev–Trinajstić information content (AvgIpc) is 2.21. The Balaban J connectivity index is -0.000000980. The minimum absolute atomic E-state index is 0. The summed E-state index contributed by atoms with van der Waals surface area (Å²) in [4.78, 5) is 11.4. The largest absolute Gasteiger partial charge is 0.543 e. The van der Waals surface area contributed by atoms with Crippen LogP contribution >= 0.6 is 24.8 Å². The molecule has 0 heterocycles. The average molecular weight is 286 g/mol. The van der Waals surface area contributed by atoms with Crippen LogP contribution in [0.25, 0.3) is 0 Å². The second kappa shape index (κ2) is 14.1. The molecule has 3 nitrogen and oxygen atoms in total. The molecule has 0 radical (unpaired) electrons. The highest BCUT2D eigenvalue weighted by Gasteiger charge is 2.17. The Morgan fingerprint density at radius 1 is 1.29 bits per heavy atom. The highest BCUT2D eigenvalue weighted by Crippen LogP contribution is 2.13. The SMILES string of the molecule is BOC(=O)C(CCCC)CCNC(C)C.Cl.Cl. The third-order valence-electron chi connectivity index (χ3n) is 2.49. The minimum atomic E-state index is -0.0611. The van der Waals surface area contributed by atoms with Crippen LogP contribution in [0.3, 0.4) is 0 Å². The Kier molecular flexibility index (Phi) is 18.5. The van der Waals surface area contributed by atoms with E-state index in [0.29, 0.717) is 6.04 Å². The topological polar surface area (TPSA) is 38.3 Å². The molecular formula is C11H26BCl2NO2.